The summed E-state index contributed by atoms with van der Waals surface area (Å²) >= 11 is 0. The molecule has 0 unspecified atom stereocenters. The Hall–Kier alpha value is -1.29. The molecule has 1 aromatic rings. The van der Waals surface area contributed by atoms with Gasteiger partial charge in [-0.15, -0.1) is 0 Å². The number of unbranched alkanes of at least 4 members (excludes halogenated alkanes) is 1. The zero-order valence-electron chi connectivity index (χ0n) is 12.4. The van der Waals surface area contributed by atoms with Crippen molar-refractivity contribution in [3.05, 3.63) is 24.0 Å². The minimum atomic E-state index is 0.0924. The van der Waals surface area contributed by atoms with Crippen molar-refractivity contribution in [3.63, 3.8) is 0 Å². The second-order valence-corrected chi connectivity index (χ2v) is 5.36. The van der Waals surface area contributed by atoms with Crippen molar-refractivity contribution < 1.29 is 4.79 Å². The number of hydrogen-bond donors (Lipinski definition) is 2. The van der Waals surface area contributed by atoms with Crippen molar-refractivity contribution >= 4 is 5.91 Å². The van der Waals surface area contributed by atoms with Gasteiger partial charge in [0.2, 0.25) is 5.91 Å². The van der Waals surface area contributed by atoms with Gasteiger partial charge in [0.05, 0.1) is 0 Å². The van der Waals surface area contributed by atoms with E-state index in [0.717, 1.165) is 38.2 Å². The maximum absolute atomic E-state index is 11.8. The first kappa shape index (κ1) is 15.8. The van der Waals surface area contributed by atoms with E-state index in [-0.39, 0.29) is 5.91 Å². The van der Waals surface area contributed by atoms with Crippen LogP contribution in [-0.4, -0.2) is 23.6 Å². The Balaban J connectivity index is 2.37. The van der Waals surface area contributed by atoms with Crippen molar-refractivity contribution in [1.82, 2.24) is 15.2 Å². The third kappa shape index (κ3) is 6.43. The van der Waals surface area contributed by atoms with Gasteiger partial charge in [-0.3, -0.25) is 4.79 Å². The average molecular weight is 265 g/mol. The lowest BCUT2D eigenvalue weighted by molar-refractivity contribution is -0.121. The first-order valence-electron chi connectivity index (χ1n) is 7.25. The summed E-state index contributed by atoms with van der Waals surface area (Å²) in [6.45, 7) is 9.49. The number of nitrogens with zero attached hydrogens (tertiary/aromatic N) is 1. The third-order valence-corrected chi connectivity index (χ3v) is 2.95. The number of rotatable bonds is 9. The first-order chi connectivity index (χ1) is 9.13. The minimum absolute atomic E-state index is 0.0924. The van der Waals surface area contributed by atoms with Crippen LogP contribution in [-0.2, 0) is 17.9 Å². The third-order valence-electron chi connectivity index (χ3n) is 2.95. The van der Waals surface area contributed by atoms with E-state index in [1.807, 2.05) is 16.8 Å². The van der Waals surface area contributed by atoms with E-state index in [1.54, 1.807) is 0 Å². The molecule has 108 valence electrons. The van der Waals surface area contributed by atoms with Crippen LogP contribution in [0.25, 0.3) is 0 Å². The van der Waals surface area contributed by atoms with E-state index >= 15 is 0 Å². The van der Waals surface area contributed by atoms with Crippen LogP contribution in [0.2, 0.25) is 0 Å². The van der Waals surface area contributed by atoms with Gasteiger partial charge in [0.25, 0.3) is 0 Å². The van der Waals surface area contributed by atoms with Gasteiger partial charge in [0.1, 0.15) is 6.54 Å². The Labute approximate surface area is 116 Å². The molecule has 0 bridgehead atoms. The maximum atomic E-state index is 11.8. The van der Waals surface area contributed by atoms with Crippen LogP contribution in [0.3, 0.4) is 0 Å². The van der Waals surface area contributed by atoms with Crippen LogP contribution in [0.5, 0.6) is 0 Å². The molecule has 1 aromatic heterocycles. The molecule has 1 heterocycles. The molecule has 0 aliphatic carbocycles. The normalized spacial score (nSPS) is 10.9. The van der Waals surface area contributed by atoms with Crippen molar-refractivity contribution in [3.8, 4) is 0 Å². The average Bonchev–Trinajstić information content (AvgIpc) is 2.76. The van der Waals surface area contributed by atoms with Gasteiger partial charge in [-0.05, 0) is 31.0 Å². The van der Waals surface area contributed by atoms with E-state index < -0.39 is 0 Å². The van der Waals surface area contributed by atoms with E-state index in [2.05, 4.69) is 37.5 Å². The summed E-state index contributed by atoms with van der Waals surface area (Å²) in [6, 6.07) is 4.05. The number of carbonyl (C=O) groups excluding carboxylic acids is 1. The van der Waals surface area contributed by atoms with Crippen molar-refractivity contribution in [2.45, 2.75) is 46.7 Å². The molecule has 0 aliphatic heterocycles. The number of carbonyl (C=O) groups is 1. The summed E-state index contributed by atoms with van der Waals surface area (Å²) in [7, 11) is 0. The SMILES string of the molecule is CCCCNC(=O)Cn1cccc1CNCC(C)C. The molecule has 0 fully saturated rings. The summed E-state index contributed by atoms with van der Waals surface area (Å²) in [5, 5.41) is 6.34. The fourth-order valence-electron chi connectivity index (χ4n) is 1.87. The molecule has 0 radical (unpaired) electrons. The number of hydrogen-bond acceptors (Lipinski definition) is 2. The van der Waals surface area contributed by atoms with Crippen LogP contribution in [0.15, 0.2) is 18.3 Å². The molecule has 0 saturated heterocycles. The smallest absolute Gasteiger partial charge is 0.239 e. The quantitative estimate of drug-likeness (QED) is 0.672. The Morgan fingerprint density at radius 3 is 2.89 bits per heavy atom. The summed E-state index contributed by atoms with van der Waals surface area (Å²) < 4.78 is 2.01. The zero-order chi connectivity index (χ0) is 14.1. The van der Waals surface area contributed by atoms with Crippen molar-refractivity contribution in [2.75, 3.05) is 13.1 Å². The number of amides is 1. The Morgan fingerprint density at radius 2 is 2.21 bits per heavy atom. The Kier molecular flexibility index (Phi) is 7.26. The highest BCUT2D eigenvalue weighted by Crippen LogP contribution is 2.02. The highest BCUT2D eigenvalue weighted by molar-refractivity contribution is 5.75. The Bertz CT molecular complexity index is 371. The minimum Gasteiger partial charge on any atom is -0.355 e. The largest absolute Gasteiger partial charge is 0.355 e. The highest BCUT2D eigenvalue weighted by Gasteiger charge is 2.06. The zero-order valence-corrected chi connectivity index (χ0v) is 12.4. The van der Waals surface area contributed by atoms with Gasteiger partial charge < -0.3 is 15.2 Å². The standard InChI is InChI=1S/C15H27N3O/c1-4-5-8-17-15(19)12-18-9-6-7-14(18)11-16-10-13(2)3/h6-7,9,13,16H,4-5,8,10-12H2,1-3H3,(H,17,19). The van der Waals surface area contributed by atoms with Gasteiger partial charge in [-0.1, -0.05) is 27.2 Å². The second kappa shape index (κ2) is 8.75. The lowest BCUT2D eigenvalue weighted by Crippen LogP contribution is -2.29. The van der Waals surface area contributed by atoms with Crippen LogP contribution in [0.4, 0.5) is 0 Å². The lowest BCUT2D eigenvalue weighted by Gasteiger charge is -2.11. The van der Waals surface area contributed by atoms with E-state index in [0.29, 0.717) is 12.5 Å². The molecule has 1 rings (SSSR count). The van der Waals surface area contributed by atoms with Crippen LogP contribution in [0, 0.1) is 5.92 Å². The van der Waals surface area contributed by atoms with Crippen LogP contribution in [0.1, 0.15) is 39.3 Å². The summed E-state index contributed by atoms with van der Waals surface area (Å²) in [5.41, 5.74) is 1.16. The monoisotopic (exact) mass is 265 g/mol. The van der Waals surface area contributed by atoms with Gasteiger partial charge in [0.15, 0.2) is 0 Å². The molecule has 0 atom stereocenters. The molecule has 0 aliphatic rings. The molecule has 4 nitrogen and oxygen atoms in total. The number of nitrogens with one attached hydrogen (secondary N) is 2. The first-order valence-corrected chi connectivity index (χ1v) is 7.25. The van der Waals surface area contributed by atoms with Gasteiger partial charge in [-0.2, -0.15) is 0 Å². The highest BCUT2D eigenvalue weighted by atomic mass is 16.1. The molecule has 0 aromatic carbocycles. The topological polar surface area (TPSA) is 46.1 Å². The van der Waals surface area contributed by atoms with Crippen molar-refractivity contribution in [1.29, 1.82) is 0 Å². The van der Waals surface area contributed by atoms with Gasteiger partial charge >= 0.3 is 0 Å². The fourth-order valence-corrected chi connectivity index (χ4v) is 1.87. The van der Waals surface area contributed by atoms with E-state index in [9.17, 15) is 4.79 Å². The molecule has 2 N–H and O–H groups in total. The predicted octanol–water partition coefficient (Wildman–Crippen LogP) is 2.15. The number of aromatic nitrogens is 1. The van der Waals surface area contributed by atoms with Gasteiger partial charge in [-0.25, -0.2) is 0 Å². The maximum Gasteiger partial charge on any atom is 0.239 e. The summed E-state index contributed by atoms with van der Waals surface area (Å²) in [5.74, 6) is 0.732. The second-order valence-electron chi connectivity index (χ2n) is 5.36. The molecule has 4 heteroatoms. The molecular formula is C15H27N3O. The lowest BCUT2D eigenvalue weighted by atomic mass is 10.2. The van der Waals surface area contributed by atoms with Crippen LogP contribution < -0.4 is 10.6 Å². The van der Waals surface area contributed by atoms with Gasteiger partial charge in [0, 0.05) is 25.0 Å². The molecule has 1 amide bonds. The van der Waals surface area contributed by atoms with Crippen LogP contribution >= 0.6 is 0 Å². The molecule has 0 spiro atoms. The molecule has 0 saturated carbocycles. The van der Waals surface area contributed by atoms with E-state index in [1.165, 1.54) is 0 Å². The fraction of sp³-hybridized carbons (Fsp3) is 0.667. The molecular weight excluding hydrogens is 238 g/mol. The summed E-state index contributed by atoms with van der Waals surface area (Å²) in [4.78, 5) is 11.8. The predicted molar refractivity (Wildman–Crippen MR) is 78.9 cm³/mol. The molecule has 19 heavy (non-hydrogen) atoms. The van der Waals surface area contributed by atoms with Crippen molar-refractivity contribution in [2.24, 2.45) is 5.92 Å². The Morgan fingerprint density at radius 1 is 1.42 bits per heavy atom. The van der Waals surface area contributed by atoms with E-state index in [4.69, 9.17) is 0 Å². The summed E-state index contributed by atoms with van der Waals surface area (Å²) in [6.07, 6.45) is 4.11.